The molecule has 19 heavy (non-hydrogen) atoms. The van der Waals surface area contributed by atoms with Crippen LogP contribution in [0.1, 0.15) is 5.56 Å². The molecule has 0 saturated carbocycles. The summed E-state index contributed by atoms with van der Waals surface area (Å²) in [6.07, 6.45) is -1.15. The third-order valence-corrected chi connectivity index (χ3v) is 2.53. The number of carbonyl (C=O) groups excluding carboxylic acids is 2. The number of phenols is 1. The number of hydrogen-bond donors (Lipinski definition) is 5. The molecule has 7 heteroatoms. The van der Waals surface area contributed by atoms with E-state index in [1.165, 1.54) is 12.1 Å². The molecule has 1 unspecified atom stereocenters. The summed E-state index contributed by atoms with van der Waals surface area (Å²) < 4.78 is 0. The van der Waals surface area contributed by atoms with Gasteiger partial charge in [-0.25, -0.2) is 0 Å². The maximum atomic E-state index is 11.6. The predicted octanol–water partition coefficient (Wildman–Crippen LogP) is -1.78. The van der Waals surface area contributed by atoms with Crippen LogP contribution >= 0.6 is 0 Å². The van der Waals surface area contributed by atoms with Crippen molar-refractivity contribution in [1.82, 2.24) is 5.32 Å². The Morgan fingerprint density at radius 2 is 1.84 bits per heavy atom. The summed E-state index contributed by atoms with van der Waals surface area (Å²) in [7, 11) is 0. The van der Waals surface area contributed by atoms with E-state index in [1.54, 1.807) is 12.1 Å². The largest absolute Gasteiger partial charge is 0.508 e. The van der Waals surface area contributed by atoms with Crippen LogP contribution in [0.2, 0.25) is 0 Å². The fraction of sp³-hybridized carbons (Fsp3) is 0.333. The molecule has 0 heterocycles. The second kappa shape index (κ2) is 6.72. The zero-order valence-corrected chi connectivity index (χ0v) is 10.2. The van der Waals surface area contributed by atoms with Gasteiger partial charge >= 0.3 is 0 Å². The molecule has 0 radical (unpaired) electrons. The van der Waals surface area contributed by atoms with E-state index in [0.29, 0.717) is 0 Å². The van der Waals surface area contributed by atoms with E-state index in [-0.39, 0.29) is 18.7 Å². The molecule has 2 atom stereocenters. The molecular weight excluding hydrogens is 250 g/mol. The van der Waals surface area contributed by atoms with Crippen LogP contribution in [0.3, 0.4) is 0 Å². The molecule has 0 bridgehead atoms. The van der Waals surface area contributed by atoms with Crippen LogP contribution < -0.4 is 16.8 Å². The highest BCUT2D eigenvalue weighted by molar-refractivity contribution is 5.83. The number of aromatic hydroxyl groups is 1. The summed E-state index contributed by atoms with van der Waals surface area (Å²) in [5.74, 6) is -1.27. The SMILES string of the molecule is NC(=O)C(O)CNC(=O)[C@@H](N)Cc1ccc(O)cc1. The van der Waals surface area contributed by atoms with Crippen molar-refractivity contribution in [2.24, 2.45) is 11.5 Å². The van der Waals surface area contributed by atoms with Crippen LogP contribution in [0.4, 0.5) is 0 Å². The first kappa shape index (κ1) is 14.9. The maximum Gasteiger partial charge on any atom is 0.248 e. The monoisotopic (exact) mass is 267 g/mol. The first-order chi connectivity index (χ1) is 8.90. The number of aliphatic hydroxyl groups excluding tert-OH is 1. The smallest absolute Gasteiger partial charge is 0.248 e. The Balaban J connectivity index is 2.44. The zero-order chi connectivity index (χ0) is 14.4. The molecule has 0 fully saturated rings. The fourth-order valence-electron chi connectivity index (χ4n) is 1.41. The number of phenolic OH excluding ortho intramolecular Hbond substituents is 1. The normalized spacial score (nSPS) is 13.6. The van der Waals surface area contributed by atoms with Gasteiger partial charge in [0.25, 0.3) is 0 Å². The average Bonchev–Trinajstić information content (AvgIpc) is 2.37. The van der Waals surface area contributed by atoms with E-state index in [2.05, 4.69) is 5.32 Å². The number of nitrogens with two attached hydrogens (primary N) is 2. The first-order valence-electron chi connectivity index (χ1n) is 5.68. The van der Waals surface area contributed by atoms with Gasteiger partial charge in [-0.05, 0) is 24.1 Å². The lowest BCUT2D eigenvalue weighted by molar-refractivity contribution is -0.127. The van der Waals surface area contributed by atoms with E-state index in [9.17, 15) is 9.59 Å². The number of amides is 2. The van der Waals surface area contributed by atoms with Gasteiger partial charge in [0.2, 0.25) is 11.8 Å². The topological polar surface area (TPSA) is 139 Å². The molecule has 0 aliphatic rings. The Kier molecular flexibility index (Phi) is 5.28. The molecule has 0 saturated heterocycles. The van der Waals surface area contributed by atoms with Crippen LogP contribution in [0.25, 0.3) is 0 Å². The summed E-state index contributed by atoms with van der Waals surface area (Å²) in [4.78, 5) is 22.2. The standard InChI is InChI=1S/C12H17N3O4/c13-9(5-7-1-3-8(16)4-2-7)12(19)15-6-10(17)11(14)18/h1-4,9-10,16-17H,5-6,13H2,(H2,14,18)(H,15,19)/t9-,10?/m0/s1. The van der Waals surface area contributed by atoms with E-state index in [4.69, 9.17) is 21.7 Å². The summed E-state index contributed by atoms with van der Waals surface area (Å²) in [5, 5.41) is 20.6. The number of aliphatic hydroxyl groups is 1. The Bertz CT molecular complexity index is 447. The zero-order valence-electron chi connectivity index (χ0n) is 10.2. The lowest BCUT2D eigenvalue weighted by Crippen LogP contribution is -2.47. The molecule has 1 aromatic carbocycles. The number of rotatable bonds is 6. The number of carbonyl (C=O) groups is 2. The molecule has 0 aliphatic carbocycles. The Hall–Kier alpha value is -2.12. The lowest BCUT2D eigenvalue weighted by Gasteiger charge is -2.13. The highest BCUT2D eigenvalue weighted by Crippen LogP contribution is 2.10. The Morgan fingerprint density at radius 3 is 2.37 bits per heavy atom. The maximum absolute atomic E-state index is 11.6. The van der Waals surface area contributed by atoms with Gasteiger partial charge in [-0.3, -0.25) is 9.59 Å². The second-order valence-electron chi connectivity index (χ2n) is 4.14. The molecule has 2 amide bonds. The van der Waals surface area contributed by atoms with Crippen molar-refractivity contribution in [3.8, 4) is 5.75 Å². The van der Waals surface area contributed by atoms with Crippen LogP contribution in [-0.2, 0) is 16.0 Å². The minimum absolute atomic E-state index is 0.131. The predicted molar refractivity (Wildman–Crippen MR) is 68.0 cm³/mol. The minimum Gasteiger partial charge on any atom is -0.508 e. The minimum atomic E-state index is -1.43. The molecule has 1 aromatic rings. The first-order valence-corrected chi connectivity index (χ1v) is 5.68. The van der Waals surface area contributed by atoms with Gasteiger partial charge < -0.3 is 27.0 Å². The molecule has 1 rings (SSSR count). The molecule has 0 aliphatic heterocycles. The van der Waals surface area contributed by atoms with Crippen LogP contribution in [-0.4, -0.2) is 40.7 Å². The Morgan fingerprint density at radius 1 is 1.26 bits per heavy atom. The van der Waals surface area contributed by atoms with Crippen molar-refractivity contribution in [1.29, 1.82) is 0 Å². The summed E-state index contributed by atoms with van der Waals surface area (Å²) in [6.45, 7) is -0.266. The highest BCUT2D eigenvalue weighted by atomic mass is 16.3. The van der Waals surface area contributed by atoms with Crippen molar-refractivity contribution in [3.63, 3.8) is 0 Å². The molecule has 0 aromatic heterocycles. The molecule has 7 nitrogen and oxygen atoms in total. The van der Waals surface area contributed by atoms with Crippen molar-refractivity contribution in [3.05, 3.63) is 29.8 Å². The fourth-order valence-corrected chi connectivity index (χ4v) is 1.41. The van der Waals surface area contributed by atoms with Gasteiger partial charge in [0.05, 0.1) is 12.6 Å². The van der Waals surface area contributed by atoms with E-state index in [1.807, 2.05) is 0 Å². The Labute approximate surface area is 110 Å². The summed E-state index contributed by atoms with van der Waals surface area (Å²) in [5.41, 5.74) is 11.3. The summed E-state index contributed by atoms with van der Waals surface area (Å²) in [6, 6.07) is 5.49. The van der Waals surface area contributed by atoms with Crippen molar-refractivity contribution < 1.29 is 19.8 Å². The number of primary amides is 1. The molecule has 0 spiro atoms. The third-order valence-electron chi connectivity index (χ3n) is 2.53. The van der Waals surface area contributed by atoms with Crippen LogP contribution in [0.5, 0.6) is 5.75 Å². The third kappa shape index (κ3) is 4.94. The van der Waals surface area contributed by atoms with Gasteiger partial charge in [-0.1, -0.05) is 12.1 Å². The van der Waals surface area contributed by atoms with E-state index >= 15 is 0 Å². The number of nitrogens with one attached hydrogen (secondary N) is 1. The van der Waals surface area contributed by atoms with Gasteiger partial charge in [-0.15, -0.1) is 0 Å². The number of hydrogen-bond acceptors (Lipinski definition) is 5. The van der Waals surface area contributed by atoms with Crippen molar-refractivity contribution >= 4 is 11.8 Å². The number of benzene rings is 1. The van der Waals surface area contributed by atoms with Gasteiger partial charge in [0.15, 0.2) is 0 Å². The van der Waals surface area contributed by atoms with Gasteiger partial charge in [-0.2, -0.15) is 0 Å². The molecular formula is C12H17N3O4. The van der Waals surface area contributed by atoms with E-state index in [0.717, 1.165) is 5.56 Å². The lowest BCUT2D eigenvalue weighted by atomic mass is 10.1. The van der Waals surface area contributed by atoms with Crippen molar-refractivity contribution in [2.45, 2.75) is 18.6 Å². The van der Waals surface area contributed by atoms with Crippen molar-refractivity contribution in [2.75, 3.05) is 6.54 Å². The molecule has 7 N–H and O–H groups in total. The quantitative estimate of drug-likeness (QED) is 0.415. The van der Waals surface area contributed by atoms with Gasteiger partial charge in [0, 0.05) is 0 Å². The van der Waals surface area contributed by atoms with E-state index < -0.39 is 24.0 Å². The van der Waals surface area contributed by atoms with Crippen LogP contribution in [0.15, 0.2) is 24.3 Å². The average molecular weight is 267 g/mol. The second-order valence-corrected chi connectivity index (χ2v) is 4.14. The molecule has 104 valence electrons. The highest BCUT2D eigenvalue weighted by Gasteiger charge is 2.17. The van der Waals surface area contributed by atoms with Gasteiger partial charge in [0.1, 0.15) is 11.9 Å². The van der Waals surface area contributed by atoms with Crippen LogP contribution in [0, 0.1) is 0 Å². The summed E-state index contributed by atoms with van der Waals surface area (Å²) >= 11 is 0.